The van der Waals surface area contributed by atoms with E-state index in [4.69, 9.17) is 13.9 Å². The molecule has 33 heavy (non-hydrogen) atoms. The van der Waals surface area contributed by atoms with Crippen molar-refractivity contribution >= 4 is 24.7 Å². The monoisotopic (exact) mass is 476 g/mol. The summed E-state index contributed by atoms with van der Waals surface area (Å²) in [4.78, 5) is 12.0. The van der Waals surface area contributed by atoms with Crippen LogP contribution in [0.3, 0.4) is 0 Å². The highest BCUT2D eigenvalue weighted by atomic mass is 28.4. The number of carbonyl (C=O) groups excluding carboxylic acids is 1. The first-order chi connectivity index (χ1) is 15.5. The van der Waals surface area contributed by atoms with E-state index in [1.165, 1.54) is 0 Å². The molecule has 8 heteroatoms. The van der Waals surface area contributed by atoms with Crippen LogP contribution in [0.1, 0.15) is 34.1 Å². The van der Waals surface area contributed by atoms with Gasteiger partial charge in [0.2, 0.25) is 0 Å². The molecule has 0 amide bonds. The van der Waals surface area contributed by atoms with Gasteiger partial charge in [-0.15, -0.1) is 0 Å². The smallest absolute Gasteiger partial charge is 0.366 e. The van der Waals surface area contributed by atoms with Crippen molar-refractivity contribution in [2.45, 2.75) is 63.3 Å². The molecule has 0 radical (unpaired) electrons. The Morgan fingerprint density at radius 3 is 2.12 bits per heavy atom. The van der Waals surface area contributed by atoms with Crippen molar-refractivity contribution in [2.75, 3.05) is 13.2 Å². The van der Waals surface area contributed by atoms with Crippen LogP contribution in [-0.2, 0) is 18.7 Å². The molecule has 0 saturated carbocycles. The Morgan fingerprint density at radius 2 is 1.67 bits per heavy atom. The number of aliphatic hydroxyl groups excluding tert-OH is 1. The van der Waals surface area contributed by atoms with Gasteiger partial charge in [-0.1, -0.05) is 81.4 Å². The first-order valence-electron chi connectivity index (χ1n) is 11.2. The Balaban J connectivity index is 1.90. The van der Waals surface area contributed by atoms with Gasteiger partial charge in [0.15, 0.2) is 6.17 Å². The van der Waals surface area contributed by atoms with Crippen LogP contribution < -0.4 is 10.4 Å². The quantitative estimate of drug-likeness (QED) is 0.449. The molecule has 2 aromatic rings. The number of halogens is 1. The highest BCUT2D eigenvalue weighted by Gasteiger charge is 2.55. The zero-order valence-electron chi connectivity index (χ0n) is 19.5. The summed E-state index contributed by atoms with van der Waals surface area (Å²) in [6.45, 7) is 7.47. The van der Waals surface area contributed by atoms with Crippen LogP contribution in [0.5, 0.6) is 0 Å². The molecule has 1 heterocycles. The van der Waals surface area contributed by atoms with E-state index in [-0.39, 0.29) is 18.3 Å². The van der Waals surface area contributed by atoms with Crippen LogP contribution >= 0.6 is 0 Å². The molecule has 1 fully saturated rings. The van der Waals surface area contributed by atoms with Gasteiger partial charge in [-0.2, -0.15) is 0 Å². The maximum absolute atomic E-state index is 15.5. The first-order valence-corrected chi connectivity index (χ1v) is 13.1. The Hall–Kier alpha value is -2.10. The zero-order valence-corrected chi connectivity index (χ0v) is 20.5. The minimum absolute atomic E-state index is 0.0291. The standard InChI is InChI=1S/C25H33FO6Si/c1-5-30-23(28)25(29)16-21(27)22(32-25)20(26)17-31-33(24(2,3)4,18-12-8-6-9-13-18)19-14-10-7-11-15-19/h6-15,20-22,27,29H,5,16-17H2,1-4H3/t20?,21-,22+,25-/m0/s1. The molecule has 0 bridgehead atoms. The molecule has 4 atom stereocenters. The van der Waals surface area contributed by atoms with Crippen LogP contribution in [-0.4, -0.2) is 61.9 Å². The number of rotatable bonds is 8. The van der Waals surface area contributed by atoms with E-state index >= 15 is 4.39 Å². The predicted molar refractivity (Wildman–Crippen MR) is 126 cm³/mol. The predicted octanol–water partition coefficient (Wildman–Crippen LogP) is 2.30. The largest absolute Gasteiger partial charge is 0.462 e. The summed E-state index contributed by atoms with van der Waals surface area (Å²) in [5.74, 6) is -3.41. The van der Waals surface area contributed by atoms with E-state index in [0.29, 0.717) is 0 Å². The van der Waals surface area contributed by atoms with Crippen molar-refractivity contribution in [2.24, 2.45) is 0 Å². The fraction of sp³-hybridized carbons (Fsp3) is 0.480. The number of carbonyl (C=O) groups is 1. The number of hydrogen-bond donors (Lipinski definition) is 2. The molecule has 1 unspecified atom stereocenters. The van der Waals surface area contributed by atoms with Crippen LogP contribution in [0.25, 0.3) is 0 Å². The second-order valence-electron chi connectivity index (χ2n) is 9.35. The zero-order chi connectivity index (χ0) is 24.3. The summed E-state index contributed by atoms with van der Waals surface area (Å²) in [6.07, 6.45) is -5.03. The van der Waals surface area contributed by atoms with Gasteiger partial charge < -0.3 is 24.1 Å². The van der Waals surface area contributed by atoms with E-state index in [1.54, 1.807) is 6.92 Å². The van der Waals surface area contributed by atoms with Crippen LogP contribution in [0, 0.1) is 0 Å². The lowest BCUT2D eigenvalue weighted by atomic mass is 10.1. The Labute approximate surface area is 195 Å². The molecule has 6 nitrogen and oxygen atoms in total. The number of alkyl halides is 1. The summed E-state index contributed by atoms with van der Waals surface area (Å²) >= 11 is 0. The molecule has 1 aliphatic heterocycles. The third-order valence-corrected chi connectivity index (χ3v) is 11.0. The molecule has 2 aromatic carbocycles. The summed E-state index contributed by atoms with van der Waals surface area (Å²) in [6, 6.07) is 19.6. The molecular formula is C25H33FO6Si. The van der Waals surface area contributed by atoms with E-state index in [1.807, 2.05) is 60.7 Å². The van der Waals surface area contributed by atoms with Gasteiger partial charge in [-0.05, 0) is 22.3 Å². The topological polar surface area (TPSA) is 85.2 Å². The van der Waals surface area contributed by atoms with E-state index < -0.39 is 44.9 Å². The fourth-order valence-electron chi connectivity index (χ4n) is 4.50. The normalized spacial score (nSPS) is 24.5. The van der Waals surface area contributed by atoms with E-state index in [9.17, 15) is 15.0 Å². The second kappa shape index (κ2) is 10.0. The summed E-state index contributed by atoms with van der Waals surface area (Å²) in [5, 5.41) is 22.4. The summed E-state index contributed by atoms with van der Waals surface area (Å²) < 4.78 is 32.1. The molecular weight excluding hydrogens is 443 g/mol. The van der Waals surface area contributed by atoms with Crippen LogP contribution in [0.2, 0.25) is 5.04 Å². The molecule has 3 rings (SSSR count). The number of esters is 1. The number of benzene rings is 2. The van der Waals surface area contributed by atoms with Crippen LogP contribution in [0.15, 0.2) is 60.7 Å². The van der Waals surface area contributed by atoms with Gasteiger partial charge in [0.25, 0.3) is 14.1 Å². The van der Waals surface area contributed by atoms with Gasteiger partial charge in [-0.3, -0.25) is 0 Å². The Bertz CT molecular complexity index is 880. The average molecular weight is 477 g/mol. The van der Waals surface area contributed by atoms with Gasteiger partial charge in [0.05, 0.1) is 19.3 Å². The van der Waals surface area contributed by atoms with Gasteiger partial charge in [-0.25, -0.2) is 9.18 Å². The fourth-order valence-corrected chi connectivity index (χ4v) is 9.07. The highest BCUT2D eigenvalue weighted by molar-refractivity contribution is 6.99. The molecule has 1 saturated heterocycles. The molecule has 1 aliphatic rings. The maximum Gasteiger partial charge on any atom is 0.366 e. The van der Waals surface area contributed by atoms with Gasteiger partial charge in [0, 0.05) is 6.42 Å². The lowest BCUT2D eigenvalue weighted by Crippen LogP contribution is -2.67. The molecule has 2 N–H and O–H groups in total. The highest BCUT2D eigenvalue weighted by Crippen LogP contribution is 2.38. The maximum atomic E-state index is 15.5. The molecule has 0 aliphatic carbocycles. The van der Waals surface area contributed by atoms with Crippen molar-refractivity contribution in [1.29, 1.82) is 0 Å². The molecule has 180 valence electrons. The number of hydrogen-bond acceptors (Lipinski definition) is 6. The SMILES string of the molecule is CCOC(=O)[C@]1(O)C[C@H](O)[C@@H](C(F)CO[Si](c2ccccc2)(c2ccccc2)C(C)(C)C)O1. The van der Waals surface area contributed by atoms with Crippen molar-refractivity contribution in [3.63, 3.8) is 0 Å². The molecule has 0 aromatic heterocycles. The van der Waals surface area contributed by atoms with E-state index in [2.05, 4.69) is 20.8 Å². The summed E-state index contributed by atoms with van der Waals surface area (Å²) in [5.41, 5.74) is 0. The lowest BCUT2D eigenvalue weighted by molar-refractivity contribution is -0.227. The van der Waals surface area contributed by atoms with Gasteiger partial charge >= 0.3 is 5.97 Å². The average Bonchev–Trinajstić information content (AvgIpc) is 3.10. The first kappa shape index (κ1) is 25.5. The molecule has 0 spiro atoms. The van der Waals surface area contributed by atoms with E-state index in [0.717, 1.165) is 10.4 Å². The van der Waals surface area contributed by atoms with Crippen LogP contribution in [0.4, 0.5) is 4.39 Å². The number of ether oxygens (including phenoxy) is 2. The van der Waals surface area contributed by atoms with Crippen molar-refractivity contribution < 1.29 is 33.3 Å². The van der Waals surface area contributed by atoms with Crippen molar-refractivity contribution in [3.05, 3.63) is 60.7 Å². The summed E-state index contributed by atoms with van der Waals surface area (Å²) in [7, 11) is -2.99. The van der Waals surface area contributed by atoms with Gasteiger partial charge in [0.1, 0.15) is 6.10 Å². The third kappa shape index (κ3) is 5.05. The third-order valence-electron chi connectivity index (χ3n) is 6.02. The van der Waals surface area contributed by atoms with Crippen molar-refractivity contribution in [3.8, 4) is 0 Å². The second-order valence-corrected chi connectivity index (χ2v) is 13.7. The Kier molecular flexibility index (Phi) is 7.75. The lowest BCUT2D eigenvalue weighted by Gasteiger charge is -2.43. The Morgan fingerprint density at radius 1 is 1.15 bits per heavy atom. The minimum Gasteiger partial charge on any atom is -0.462 e. The van der Waals surface area contributed by atoms with Crippen molar-refractivity contribution in [1.82, 2.24) is 0 Å². The number of aliphatic hydroxyl groups is 2. The minimum atomic E-state index is -2.99.